The second-order valence-electron chi connectivity index (χ2n) is 37.2. The van der Waals surface area contributed by atoms with E-state index in [1.54, 1.807) is 0 Å². The van der Waals surface area contributed by atoms with Crippen molar-refractivity contribution in [2.45, 2.75) is 329 Å². The highest BCUT2D eigenvalue weighted by molar-refractivity contribution is 5.85. The molecule has 18 unspecified atom stereocenters. The van der Waals surface area contributed by atoms with Crippen molar-refractivity contribution in [2.75, 3.05) is 92.4 Å². The summed E-state index contributed by atoms with van der Waals surface area (Å²) in [5.74, 6) is -2.28. The molecule has 6 saturated heterocycles. The lowest BCUT2D eigenvalue weighted by molar-refractivity contribution is -0.379. The minimum atomic E-state index is -2.01. The molecule has 0 aromatic carbocycles. The van der Waals surface area contributed by atoms with Crippen molar-refractivity contribution in [1.82, 2.24) is 16.0 Å². The second kappa shape index (κ2) is 42.1. The van der Waals surface area contributed by atoms with Gasteiger partial charge in [-0.25, -0.2) is 0 Å². The van der Waals surface area contributed by atoms with Gasteiger partial charge in [0.1, 0.15) is 146 Å². The van der Waals surface area contributed by atoms with Crippen molar-refractivity contribution in [1.29, 1.82) is 0 Å². The summed E-state index contributed by atoms with van der Waals surface area (Å²) in [6.07, 6.45) is -40.5. The van der Waals surface area contributed by atoms with Gasteiger partial charge in [-0.15, -0.1) is 0 Å². The molecular formula is C82H135N3O38. The molecule has 41 heteroatoms. The number of ether oxygens (including phenoxy) is 15. The van der Waals surface area contributed by atoms with Crippen LogP contribution in [0.2, 0.25) is 0 Å². The van der Waals surface area contributed by atoms with Crippen molar-refractivity contribution < 1.29 is 187 Å². The van der Waals surface area contributed by atoms with Gasteiger partial charge in [-0.1, -0.05) is 66.5 Å². The Hall–Kier alpha value is -3.99. The number of aliphatic hydroxyl groups is 18. The number of hydrogen-bond donors (Lipinski definition) is 21. The molecule has 5 aliphatic carbocycles. The number of esters is 1. The summed E-state index contributed by atoms with van der Waals surface area (Å²) in [4.78, 5) is 68.3. The third-order valence-electron chi connectivity index (χ3n) is 28.6. The van der Waals surface area contributed by atoms with Crippen LogP contribution in [0.3, 0.4) is 0 Å². The summed E-state index contributed by atoms with van der Waals surface area (Å²) in [5.41, 5.74) is -2.38. The van der Waals surface area contributed by atoms with Gasteiger partial charge in [0.15, 0.2) is 37.6 Å². The van der Waals surface area contributed by atoms with Gasteiger partial charge < -0.3 is 179 Å². The number of unbranched alkanes of at least 4 members (excludes halogenated alkanes) is 2. The minimum Gasteiger partial charge on any atom is -0.432 e. The van der Waals surface area contributed by atoms with E-state index in [0.717, 1.165) is 24.8 Å². The number of carbonyl (C=O) groups is 5. The van der Waals surface area contributed by atoms with Crippen molar-refractivity contribution in [3.05, 3.63) is 11.6 Å². The fraction of sp³-hybridized carbons (Fsp3) is 0.915. The monoisotopic (exact) mass is 1770 g/mol. The molecule has 123 heavy (non-hydrogen) atoms. The van der Waals surface area contributed by atoms with Crippen LogP contribution in [0.1, 0.15) is 145 Å². The van der Waals surface area contributed by atoms with E-state index >= 15 is 4.79 Å². The number of fused-ring (bicyclic) bond motifs is 7. The van der Waals surface area contributed by atoms with E-state index in [1.807, 2.05) is 0 Å². The van der Waals surface area contributed by atoms with E-state index in [4.69, 9.17) is 71.1 Å². The van der Waals surface area contributed by atoms with Crippen LogP contribution in [-0.4, -0.2) is 398 Å². The van der Waals surface area contributed by atoms with Crippen LogP contribution in [0.25, 0.3) is 0 Å². The number of allylic oxidation sites excluding steroid dienone is 2. The smallest absolute Gasteiger partial charge is 0.317 e. The number of Topliss-reactive ketones (excluding diaryl/α,β-unsaturated/α-hetero) is 1. The number of ketones is 1. The molecule has 6 heterocycles. The summed E-state index contributed by atoms with van der Waals surface area (Å²) in [6, 6.07) is -1.46. The number of rotatable bonds is 36. The summed E-state index contributed by atoms with van der Waals surface area (Å²) in [5, 5.41) is 204. The molecule has 706 valence electrons. The molecule has 0 radical (unpaired) electrons. The molecular weight excluding hydrogens is 1630 g/mol. The highest BCUT2D eigenvalue weighted by Crippen LogP contribution is 2.76. The van der Waals surface area contributed by atoms with Gasteiger partial charge >= 0.3 is 5.97 Å². The Kier molecular flexibility index (Phi) is 34.0. The second-order valence-corrected chi connectivity index (χ2v) is 37.2. The van der Waals surface area contributed by atoms with Crippen molar-refractivity contribution in [3.8, 4) is 0 Å². The van der Waals surface area contributed by atoms with E-state index in [2.05, 4.69) is 70.5 Å². The first-order valence-electron chi connectivity index (χ1n) is 43.3. The Balaban J connectivity index is 0.592. The number of hydrogen-bond acceptors (Lipinski definition) is 38. The minimum absolute atomic E-state index is 0.0261. The van der Waals surface area contributed by atoms with Gasteiger partial charge in [0.25, 0.3) is 0 Å². The molecule has 0 bridgehead atoms. The lowest BCUT2D eigenvalue weighted by atomic mass is 9.33. The van der Waals surface area contributed by atoms with Crippen LogP contribution in [0.4, 0.5) is 0 Å². The highest BCUT2D eigenvalue weighted by atomic mass is 16.8. The van der Waals surface area contributed by atoms with E-state index < -0.39 is 263 Å². The van der Waals surface area contributed by atoms with Crippen LogP contribution in [0.15, 0.2) is 11.6 Å². The van der Waals surface area contributed by atoms with Crippen LogP contribution in [0, 0.1) is 50.2 Å². The van der Waals surface area contributed by atoms with E-state index in [1.165, 1.54) is 6.92 Å². The lowest BCUT2D eigenvalue weighted by Gasteiger charge is -2.71. The van der Waals surface area contributed by atoms with Gasteiger partial charge in [0.05, 0.1) is 84.3 Å². The molecule has 11 rings (SSSR count). The number of nitrogens with one attached hydrogen (secondary N) is 3. The predicted molar refractivity (Wildman–Crippen MR) is 416 cm³/mol. The first-order chi connectivity index (χ1) is 58.2. The average Bonchev–Trinajstić information content (AvgIpc) is 0.670. The lowest BCUT2D eigenvalue weighted by Crippen LogP contribution is -2.69. The van der Waals surface area contributed by atoms with Crippen molar-refractivity contribution in [3.63, 3.8) is 0 Å². The first-order valence-corrected chi connectivity index (χ1v) is 43.3. The third kappa shape index (κ3) is 21.0. The standard InChI is InChI=1S/C82H135N3O38/c1-38-66(119-71-61(103)54(96)41(90)35-113-71)58(100)64(106)72(114-38)122-69-56(98)53(42(31-86)115-75(69)123-76(108)82-21-20-77(2,3)29-40(82)39-14-15-47-79(6)18-17-48(91)78(4,5)46(79)16-19-80(47,7)81(39,8)30-49(82)92)85-50(93)13-10-9-11-22-83-51(94)36-110-27-25-109-26-28-111-37-52(95)84-23-12-24-112-70-63(105)59(101)67(44(33-88)117-70)121-74-65(107)60(102)68(45(34-89)118-74)120-73-62(104)57(99)55(97)43(32-87)116-73/h14,38,40-47,49,53-75,86-90,92,96-107H,9-13,15-37H2,1-8H3,(H,83,94)(H,84,95)(H,85,93)/t38?,40?,41-,42?,43?,44?,45?,46+,47?,49?,53+,54?,55+,56?,57+,58?,59-,60-,61?,62?,63?,64?,65?,66+,67-,68+,69?,70-,71+,72+,73-,74+,75+,79?,80+,81-,82-/m1/s1. The summed E-state index contributed by atoms with van der Waals surface area (Å²) in [7, 11) is 0. The third-order valence-corrected chi connectivity index (χ3v) is 28.6. The summed E-state index contributed by atoms with van der Waals surface area (Å²) >= 11 is 0. The highest BCUT2D eigenvalue weighted by Gasteiger charge is 2.72. The van der Waals surface area contributed by atoms with E-state index in [9.17, 15) is 111 Å². The van der Waals surface area contributed by atoms with Crippen LogP contribution < -0.4 is 16.0 Å². The Morgan fingerprint density at radius 2 is 1.02 bits per heavy atom. The molecule has 0 spiro atoms. The molecule has 21 N–H and O–H groups in total. The molecule has 41 nitrogen and oxygen atoms in total. The van der Waals surface area contributed by atoms with Gasteiger partial charge in [-0.2, -0.15) is 0 Å². The fourth-order valence-electron chi connectivity index (χ4n) is 21.3. The van der Waals surface area contributed by atoms with Crippen LogP contribution in [0.5, 0.6) is 0 Å². The molecule has 11 aliphatic rings. The zero-order valence-corrected chi connectivity index (χ0v) is 71.1. The number of amides is 3. The Morgan fingerprint density at radius 3 is 1.63 bits per heavy atom. The van der Waals surface area contributed by atoms with Gasteiger partial charge in [0, 0.05) is 31.3 Å². The van der Waals surface area contributed by atoms with E-state index in [-0.39, 0.29) is 119 Å². The fourth-order valence-corrected chi connectivity index (χ4v) is 21.3. The average molecular weight is 1770 g/mol. The van der Waals surface area contributed by atoms with Gasteiger partial charge in [-0.3, -0.25) is 24.0 Å². The number of aliphatic hydroxyl groups excluding tert-OH is 18. The Labute approximate surface area is 713 Å². The van der Waals surface area contributed by atoms with Crippen LogP contribution >= 0.6 is 0 Å². The largest absolute Gasteiger partial charge is 0.432 e. The molecule has 3 amide bonds. The zero-order chi connectivity index (χ0) is 89.8. The van der Waals surface area contributed by atoms with Gasteiger partial charge in [-0.05, 0) is 117 Å². The maximum Gasteiger partial charge on any atom is 0.317 e. The Bertz CT molecular complexity index is 3490. The summed E-state index contributed by atoms with van der Waals surface area (Å²) < 4.78 is 86.3. The normalized spacial score (nSPS) is 44.7. The topological polar surface area (TPSA) is 624 Å². The summed E-state index contributed by atoms with van der Waals surface area (Å²) in [6.45, 7) is 12.8. The predicted octanol–water partition coefficient (Wildman–Crippen LogP) is -6.19. The molecule has 6 aliphatic heterocycles. The van der Waals surface area contributed by atoms with Crippen LogP contribution in [-0.2, 0) is 95.0 Å². The Morgan fingerprint density at radius 1 is 0.488 bits per heavy atom. The molecule has 0 aromatic heterocycles. The molecule has 4 saturated carbocycles. The van der Waals surface area contributed by atoms with Gasteiger partial charge in [0.2, 0.25) is 24.0 Å². The molecule has 0 aromatic rings. The first kappa shape index (κ1) is 99.6. The van der Waals surface area contributed by atoms with E-state index in [0.29, 0.717) is 44.9 Å². The van der Waals surface area contributed by atoms with Crippen molar-refractivity contribution in [2.24, 2.45) is 50.2 Å². The number of carbonyl (C=O) groups excluding carboxylic acids is 5. The van der Waals surface area contributed by atoms with Crippen molar-refractivity contribution >= 4 is 29.5 Å². The maximum atomic E-state index is 15.8. The SMILES string of the molecule is CC1O[C@@H](OC2C(O)[C@@H](NC(=O)CCCCCNC(=O)COCCOCCOCC(=O)NCCCO[C@@H]3OC(CO)[C@@H](O[C@@H]4OC(CO)[C@H](O[C@H]5OC(CO)[C@H](O)[C@H](O)C5O)[C@H](O)C4O)[C@H](O)C3O)C(CO)O[C@H]2OC(=O)[C@]23CCC(C)(C)CC2C2=CCC4C5(C)CCC(=O)C(C)(C)[C@@H]5CC[C@]4(C)[C@]2(C)CC3O)C(O)C(O)[C@H]1O[C@@H]1OC[C@@H](O)C(O)C1O. The quantitative estimate of drug-likeness (QED) is 0.0158. The maximum absolute atomic E-state index is 15.8. The molecule has 10 fully saturated rings. The zero-order valence-electron chi connectivity index (χ0n) is 71.1. The molecule has 37 atom stereocenters.